The highest BCUT2D eigenvalue weighted by Crippen LogP contribution is 2.19. The number of carbonyl (C=O) groups is 2. The van der Waals surface area contributed by atoms with E-state index in [1.165, 1.54) is 18.7 Å². The molecule has 19 heavy (non-hydrogen) atoms. The first-order valence-corrected chi connectivity index (χ1v) is 6.24. The monoisotopic (exact) mass is 284 g/mol. The third-order valence-electron chi connectivity index (χ3n) is 2.84. The molecule has 0 aliphatic carbocycles. The number of rotatable bonds is 4. The maximum atomic E-state index is 12.1. The van der Waals surface area contributed by atoms with Gasteiger partial charge in [-0.2, -0.15) is 0 Å². The molecule has 0 atom stereocenters. The van der Waals surface area contributed by atoms with Crippen molar-refractivity contribution in [2.24, 2.45) is 0 Å². The van der Waals surface area contributed by atoms with Gasteiger partial charge >= 0.3 is 12.0 Å². The van der Waals surface area contributed by atoms with Crippen molar-refractivity contribution in [2.75, 3.05) is 11.9 Å². The summed E-state index contributed by atoms with van der Waals surface area (Å²) in [6.45, 7) is 4.97. The van der Waals surface area contributed by atoms with Gasteiger partial charge < -0.3 is 15.3 Å². The number of aliphatic carboxylic acids is 1. The summed E-state index contributed by atoms with van der Waals surface area (Å²) in [7, 11) is 0. The molecule has 0 heterocycles. The van der Waals surface area contributed by atoms with Crippen LogP contribution in [-0.2, 0) is 4.79 Å². The Balaban J connectivity index is 2.89. The lowest BCUT2D eigenvalue weighted by Gasteiger charge is -2.34. The second-order valence-electron chi connectivity index (χ2n) is 4.55. The van der Waals surface area contributed by atoms with Crippen molar-refractivity contribution in [1.29, 1.82) is 0 Å². The van der Waals surface area contributed by atoms with Gasteiger partial charge in [-0.3, -0.25) is 0 Å². The predicted octanol–water partition coefficient (Wildman–Crippen LogP) is 3.06. The minimum atomic E-state index is -1.28. The Bertz CT molecular complexity index is 489. The molecule has 0 bridgehead atoms. The van der Waals surface area contributed by atoms with Crippen LogP contribution in [0.4, 0.5) is 10.5 Å². The third-order valence-corrected chi connectivity index (χ3v) is 3.07. The first kappa shape index (κ1) is 15.3. The van der Waals surface area contributed by atoms with E-state index in [1.807, 2.05) is 0 Å². The summed E-state index contributed by atoms with van der Waals surface area (Å²) in [5.41, 5.74) is -0.755. The lowest BCUT2D eigenvalue weighted by atomic mass is 10.0. The van der Waals surface area contributed by atoms with Crippen molar-refractivity contribution in [3.8, 4) is 0 Å². The van der Waals surface area contributed by atoms with Gasteiger partial charge in [0.1, 0.15) is 5.54 Å². The summed E-state index contributed by atoms with van der Waals surface area (Å²) in [4.78, 5) is 24.6. The first-order valence-electron chi connectivity index (χ1n) is 5.86. The summed E-state index contributed by atoms with van der Waals surface area (Å²) in [5, 5.41) is 12.3. The number of urea groups is 1. The molecule has 0 saturated heterocycles. The average molecular weight is 285 g/mol. The minimum absolute atomic E-state index is 0.283. The van der Waals surface area contributed by atoms with Crippen molar-refractivity contribution < 1.29 is 14.7 Å². The van der Waals surface area contributed by atoms with Gasteiger partial charge in [-0.25, -0.2) is 9.59 Å². The van der Waals surface area contributed by atoms with Crippen molar-refractivity contribution in [3.63, 3.8) is 0 Å². The number of anilines is 1. The molecule has 0 spiro atoms. The zero-order chi connectivity index (χ0) is 14.6. The fourth-order valence-electron chi connectivity index (χ4n) is 1.67. The Morgan fingerprint density at radius 3 is 2.53 bits per heavy atom. The molecule has 0 fully saturated rings. The van der Waals surface area contributed by atoms with E-state index in [2.05, 4.69) is 5.32 Å². The van der Waals surface area contributed by atoms with E-state index in [0.717, 1.165) is 0 Å². The minimum Gasteiger partial charge on any atom is -0.480 e. The Morgan fingerprint density at radius 1 is 1.42 bits per heavy atom. The second-order valence-corrected chi connectivity index (χ2v) is 4.99. The molecule has 0 saturated carbocycles. The van der Waals surface area contributed by atoms with E-state index in [0.29, 0.717) is 10.7 Å². The zero-order valence-corrected chi connectivity index (χ0v) is 11.9. The van der Waals surface area contributed by atoms with Crippen LogP contribution >= 0.6 is 11.6 Å². The number of nitrogens with one attached hydrogen (secondary N) is 1. The summed E-state index contributed by atoms with van der Waals surface area (Å²) in [6, 6.07) is 6.20. The van der Waals surface area contributed by atoms with Crippen molar-refractivity contribution >= 4 is 29.3 Å². The molecular weight excluding hydrogens is 268 g/mol. The Labute approximate surface area is 117 Å². The van der Waals surface area contributed by atoms with E-state index in [4.69, 9.17) is 16.7 Å². The molecule has 5 nitrogen and oxygen atoms in total. The number of hydrogen-bond donors (Lipinski definition) is 2. The molecule has 1 rings (SSSR count). The van der Waals surface area contributed by atoms with Gasteiger partial charge in [-0.1, -0.05) is 17.7 Å². The smallest absolute Gasteiger partial charge is 0.329 e. The summed E-state index contributed by atoms with van der Waals surface area (Å²) in [5.74, 6) is -1.06. The molecule has 2 amide bonds. The van der Waals surface area contributed by atoms with Crippen molar-refractivity contribution in [2.45, 2.75) is 26.3 Å². The number of benzene rings is 1. The molecule has 0 radical (unpaired) electrons. The third kappa shape index (κ3) is 3.61. The van der Waals surface area contributed by atoms with Gasteiger partial charge in [0.15, 0.2) is 0 Å². The number of carbonyl (C=O) groups excluding carboxylic acids is 1. The largest absolute Gasteiger partial charge is 0.480 e. The molecule has 1 aromatic rings. The topological polar surface area (TPSA) is 69.6 Å². The van der Waals surface area contributed by atoms with Crippen LogP contribution < -0.4 is 5.32 Å². The van der Waals surface area contributed by atoms with Crippen molar-refractivity contribution in [3.05, 3.63) is 29.3 Å². The van der Waals surface area contributed by atoms with Gasteiger partial charge in [0.2, 0.25) is 0 Å². The Morgan fingerprint density at radius 2 is 2.05 bits per heavy atom. The maximum absolute atomic E-state index is 12.1. The quantitative estimate of drug-likeness (QED) is 0.893. The van der Waals surface area contributed by atoms with Crippen LogP contribution in [0.5, 0.6) is 0 Å². The fourth-order valence-corrected chi connectivity index (χ4v) is 1.86. The van der Waals surface area contributed by atoms with Gasteiger partial charge in [-0.05, 0) is 39.0 Å². The van der Waals surface area contributed by atoms with Crippen molar-refractivity contribution in [1.82, 2.24) is 4.90 Å². The lowest BCUT2D eigenvalue weighted by Crippen LogP contribution is -2.54. The molecule has 104 valence electrons. The number of carboxylic acids is 1. The molecule has 0 aliphatic rings. The fraction of sp³-hybridized carbons (Fsp3) is 0.385. The number of hydrogen-bond acceptors (Lipinski definition) is 2. The predicted molar refractivity (Wildman–Crippen MR) is 74.6 cm³/mol. The average Bonchev–Trinajstić information content (AvgIpc) is 2.29. The van der Waals surface area contributed by atoms with Gasteiger partial charge in [0.05, 0.1) is 0 Å². The van der Waals surface area contributed by atoms with Crippen LogP contribution in [-0.4, -0.2) is 34.1 Å². The SMILES string of the molecule is CCN(C(=O)Nc1cccc(Cl)c1)C(C)(C)C(=O)O. The lowest BCUT2D eigenvalue weighted by molar-refractivity contribution is -0.147. The Kier molecular flexibility index (Phi) is 4.78. The van der Waals surface area contributed by atoms with Gasteiger partial charge in [0.25, 0.3) is 0 Å². The van der Waals surface area contributed by atoms with E-state index in [9.17, 15) is 9.59 Å². The van der Waals surface area contributed by atoms with Crippen LogP contribution in [0.3, 0.4) is 0 Å². The number of nitrogens with zero attached hydrogens (tertiary/aromatic N) is 1. The first-order chi connectivity index (χ1) is 8.78. The van der Waals surface area contributed by atoms with E-state index >= 15 is 0 Å². The number of carboxylic acid groups (broad SMARTS) is 1. The number of likely N-dealkylation sites (N-methyl/N-ethyl adjacent to an activating group) is 1. The molecule has 0 aliphatic heterocycles. The van der Waals surface area contributed by atoms with E-state index in [-0.39, 0.29) is 6.54 Å². The van der Waals surface area contributed by atoms with Crippen LogP contribution in [0.25, 0.3) is 0 Å². The summed E-state index contributed by atoms with van der Waals surface area (Å²) in [6.07, 6.45) is 0. The highest BCUT2D eigenvalue weighted by molar-refractivity contribution is 6.30. The molecule has 1 aromatic carbocycles. The van der Waals surface area contributed by atoms with E-state index in [1.54, 1.807) is 31.2 Å². The van der Waals surface area contributed by atoms with Gasteiger partial charge in [0, 0.05) is 17.3 Å². The molecule has 0 unspecified atom stereocenters. The van der Waals surface area contributed by atoms with Gasteiger partial charge in [-0.15, -0.1) is 0 Å². The normalized spacial score (nSPS) is 10.9. The van der Waals surface area contributed by atoms with Crippen LogP contribution in [0.1, 0.15) is 20.8 Å². The van der Waals surface area contributed by atoms with E-state index < -0.39 is 17.5 Å². The maximum Gasteiger partial charge on any atom is 0.329 e. The number of halogens is 1. The Hall–Kier alpha value is -1.75. The summed E-state index contributed by atoms with van der Waals surface area (Å²) < 4.78 is 0. The second kappa shape index (κ2) is 5.93. The molecule has 6 heteroatoms. The standard InChI is InChI=1S/C13H17ClN2O3/c1-4-16(13(2,3)11(17)18)12(19)15-10-7-5-6-9(14)8-10/h5-8H,4H2,1-3H3,(H,15,19)(H,17,18). The van der Waals surface area contributed by atoms with Crippen LogP contribution in [0.15, 0.2) is 24.3 Å². The zero-order valence-electron chi connectivity index (χ0n) is 11.1. The highest BCUT2D eigenvalue weighted by atomic mass is 35.5. The highest BCUT2D eigenvalue weighted by Gasteiger charge is 2.36. The molecule has 2 N–H and O–H groups in total. The molecular formula is C13H17ClN2O3. The molecule has 0 aromatic heterocycles. The summed E-state index contributed by atoms with van der Waals surface area (Å²) >= 11 is 5.82. The van der Waals surface area contributed by atoms with Crippen LogP contribution in [0.2, 0.25) is 5.02 Å². The number of amides is 2. The van der Waals surface area contributed by atoms with Crippen LogP contribution in [0, 0.1) is 0 Å².